The number of carbonyl (C=O) groups excluding carboxylic acids is 4. The van der Waals surface area contributed by atoms with Gasteiger partial charge in [-0.15, -0.1) is 6.58 Å². The van der Waals surface area contributed by atoms with Crippen molar-refractivity contribution in [1.82, 2.24) is 4.90 Å². The van der Waals surface area contributed by atoms with Crippen molar-refractivity contribution < 1.29 is 58.2 Å². The van der Waals surface area contributed by atoms with E-state index in [1.165, 1.54) is 19.1 Å². The van der Waals surface area contributed by atoms with Crippen LogP contribution in [0.15, 0.2) is 36.0 Å². The molecule has 4 aliphatic rings. The van der Waals surface area contributed by atoms with Crippen LogP contribution in [-0.4, -0.2) is 126 Å². The number of esters is 1. The molecule has 0 radical (unpaired) electrons. The molecule has 2 bridgehead atoms. The molecular weight excluding hydrogens is 734 g/mol. The summed E-state index contributed by atoms with van der Waals surface area (Å²) in [6, 6.07) is -1.14. The average Bonchev–Trinajstić information content (AvgIpc) is 3.18. The number of aliphatic hydroxyl groups is 3. The average molecular weight is 804 g/mol. The molecule has 3 N–H and O–H groups in total. The molecule has 14 atom stereocenters. The number of hydrogen-bond acceptors (Lipinski definition) is 12. The van der Waals surface area contributed by atoms with E-state index in [2.05, 4.69) is 13.5 Å². The van der Waals surface area contributed by atoms with Gasteiger partial charge in [0, 0.05) is 46.1 Å². The molecule has 0 spiro atoms. The van der Waals surface area contributed by atoms with Crippen molar-refractivity contribution in [2.24, 2.45) is 29.6 Å². The number of cyclic esters (lactones) is 1. The highest BCUT2D eigenvalue weighted by Gasteiger charge is 2.56. The summed E-state index contributed by atoms with van der Waals surface area (Å²) in [5, 5.41) is 34.1. The number of Topliss-reactive ketones (excluding diaryl/α,β-unsaturated/α-hetero) is 2. The number of ether oxygens (including phenoxy) is 5. The van der Waals surface area contributed by atoms with Crippen molar-refractivity contribution >= 4 is 23.4 Å². The number of carbonyl (C=O) groups is 4. The maximum absolute atomic E-state index is 14.3. The highest BCUT2D eigenvalue weighted by Crippen LogP contribution is 2.39. The molecule has 4 rings (SSSR count). The number of piperidine rings is 1. The van der Waals surface area contributed by atoms with E-state index in [9.17, 15) is 34.5 Å². The van der Waals surface area contributed by atoms with Crippen LogP contribution in [0, 0.1) is 29.6 Å². The number of hydrogen-bond donors (Lipinski definition) is 3. The number of nitrogens with zero attached hydrogens (tertiary/aromatic N) is 1. The first-order valence-electron chi connectivity index (χ1n) is 20.9. The zero-order valence-corrected chi connectivity index (χ0v) is 35.4. The number of methoxy groups -OCH3 is 3. The van der Waals surface area contributed by atoms with Gasteiger partial charge in [-0.05, 0) is 100 Å². The lowest BCUT2D eigenvalue weighted by atomic mass is 9.81. The fourth-order valence-electron chi connectivity index (χ4n) is 9.44. The van der Waals surface area contributed by atoms with E-state index in [0.717, 1.165) is 0 Å². The number of rotatable bonds is 7. The van der Waals surface area contributed by atoms with E-state index in [1.54, 1.807) is 27.0 Å². The third kappa shape index (κ3) is 11.3. The molecule has 3 aliphatic heterocycles. The molecule has 57 heavy (non-hydrogen) atoms. The van der Waals surface area contributed by atoms with Gasteiger partial charge in [0.1, 0.15) is 18.2 Å². The molecule has 322 valence electrons. The Morgan fingerprint density at radius 2 is 1.58 bits per heavy atom. The molecule has 13 heteroatoms. The molecule has 3 fully saturated rings. The lowest BCUT2D eigenvalue weighted by Gasteiger charge is -2.47. The monoisotopic (exact) mass is 803 g/mol. The molecule has 3 heterocycles. The summed E-state index contributed by atoms with van der Waals surface area (Å²) in [5.74, 6) is -7.32. The van der Waals surface area contributed by atoms with Gasteiger partial charge in [0.25, 0.3) is 11.7 Å². The molecule has 0 aromatic rings. The van der Waals surface area contributed by atoms with Crippen molar-refractivity contribution in [1.29, 1.82) is 0 Å². The van der Waals surface area contributed by atoms with Gasteiger partial charge in [-0.1, -0.05) is 45.9 Å². The van der Waals surface area contributed by atoms with E-state index in [0.29, 0.717) is 62.5 Å². The quantitative estimate of drug-likeness (QED) is 0.185. The topological polar surface area (TPSA) is 178 Å². The Balaban J connectivity index is 1.78. The second kappa shape index (κ2) is 21.0. The van der Waals surface area contributed by atoms with Crippen LogP contribution >= 0.6 is 0 Å². The highest BCUT2D eigenvalue weighted by atomic mass is 16.7. The molecule has 1 saturated carbocycles. The van der Waals surface area contributed by atoms with Crippen LogP contribution in [0.1, 0.15) is 105 Å². The van der Waals surface area contributed by atoms with Gasteiger partial charge in [-0.2, -0.15) is 0 Å². The summed E-state index contributed by atoms with van der Waals surface area (Å²) in [6.07, 6.45) is 4.89. The first kappa shape index (κ1) is 46.9. The molecular formula is C44H69NO12. The van der Waals surface area contributed by atoms with Crippen LogP contribution in [-0.2, 0) is 42.9 Å². The molecule has 13 nitrogen and oxygen atoms in total. The minimum absolute atomic E-state index is 0.0120. The minimum Gasteiger partial charge on any atom is -0.456 e. The first-order valence-corrected chi connectivity index (χ1v) is 20.9. The summed E-state index contributed by atoms with van der Waals surface area (Å²) in [5.41, 5.74) is 1.18. The van der Waals surface area contributed by atoms with Crippen molar-refractivity contribution in [3.63, 3.8) is 0 Å². The van der Waals surface area contributed by atoms with E-state index in [-0.39, 0.29) is 55.4 Å². The fourth-order valence-corrected chi connectivity index (χ4v) is 9.44. The summed E-state index contributed by atoms with van der Waals surface area (Å²) in [4.78, 5) is 57.8. The summed E-state index contributed by atoms with van der Waals surface area (Å²) < 4.78 is 29.8. The first-order chi connectivity index (χ1) is 27.0. The van der Waals surface area contributed by atoms with Crippen molar-refractivity contribution in [3.8, 4) is 0 Å². The van der Waals surface area contributed by atoms with Crippen LogP contribution in [0.2, 0.25) is 0 Å². The number of ketones is 2. The summed E-state index contributed by atoms with van der Waals surface area (Å²) >= 11 is 0. The largest absolute Gasteiger partial charge is 0.456 e. The smallest absolute Gasteiger partial charge is 0.329 e. The van der Waals surface area contributed by atoms with Gasteiger partial charge < -0.3 is 43.9 Å². The van der Waals surface area contributed by atoms with Gasteiger partial charge >= 0.3 is 5.97 Å². The predicted molar refractivity (Wildman–Crippen MR) is 213 cm³/mol. The summed E-state index contributed by atoms with van der Waals surface area (Å²) in [6.45, 7) is 13.2. The molecule has 0 aromatic heterocycles. The van der Waals surface area contributed by atoms with Crippen LogP contribution < -0.4 is 0 Å². The van der Waals surface area contributed by atoms with Gasteiger partial charge in [0.05, 0.1) is 30.5 Å². The normalized spacial score (nSPS) is 40.1. The fraction of sp³-hybridized carbons (Fsp3) is 0.773. The number of fused-ring (bicyclic) bond motifs is 3. The Bertz CT molecular complexity index is 1480. The van der Waals surface area contributed by atoms with Crippen molar-refractivity contribution in [2.45, 2.75) is 160 Å². The third-order valence-corrected chi connectivity index (χ3v) is 12.8. The Morgan fingerprint density at radius 1 is 0.912 bits per heavy atom. The lowest BCUT2D eigenvalue weighted by Crippen LogP contribution is -2.64. The lowest BCUT2D eigenvalue weighted by molar-refractivity contribution is -0.302. The van der Waals surface area contributed by atoms with E-state index in [1.807, 2.05) is 26.0 Å². The van der Waals surface area contributed by atoms with E-state index in [4.69, 9.17) is 23.7 Å². The summed E-state index contributed by atoms with van der Waals surface area (Å²) in [7, 11) is 4.61. The number of allylic oxidation sites excluding steroid dienone is 4. The van der Waals surface area contributed by atoms with Gasteiger partial charge in [-0.25, -0.2) is 4.79 Å². The zero-order valence-electron chi connectivity index (χ0n) is 35.4. The van der Waals surface area contributed by atoms with Crippen LogP contribution in [0.3, 0.4) is 0 Å². The van der Waals surface area contributed by atoms with Crippen LogP contribution in [0.25, 0.3) is 0 Å². The Labute approximate surface area is 339 Å². The highest BCUT2D eigenvalue weighted by molar-refractivity contribution is 6.39. The molecule has 1 aliphatic carbocycles. The standard InChI is InChI=1S/C44H69NO12/c1-10-13-31-19-25(2)18-26(3)20-37(54-8)40-38(55-9)22-28(5)44(52,57-40)41(49)42(50)45-17-12-11-14-32(45)43(51)56-39(29(6)34(47)24-35(31)48)27(4)21-30-15-16-33(46)36(23-30)53-7/h10,19,21,25-26,28-30,32-34,36-40,46-47,52H,1,11-18,20,22-24H2,2-9H3/t25?,26-,28+,29+,30-,32-,33+,34-,36+,37-,38-,39?,40+,44+/m0/s1. The molecule has 1 amide bonds. The molecule has 0 aromatic carbocycles. The van der Waals surface area contributed by atoms with Gasteiger partial charge in [0.2, 0.25) is 5.79 Å². The Hall–Kier alpha value is -2.78. The maximum Gasteiger partial charge on any atom is 0.329 e. The SMILES string of the molecule is C=CCC1=CC(C)C[C@H](C)C[C@H](OC)[C@H]2O[C@@](O)(C(=O)C(=O)N3CCCC[C@H]3C(=O)OC(C(C)=C[C@@H]3CC[C@@H](O)[C@H](OC)C3)[C@H](C)[C@@H](O)CC1=O)[C@H](C)C[C@@H]2OC. The molecule has 2 unspecified atom stereocenters. The van der Waals surface area contributed by atoms with Crippen LogP contribution in [0.5, 0.6) is 0 Å². The van der Waals surface area contributed by atoms with Gasteiger partial charge in [0.15, 0.2) is 5.78 Å². The van der Waals surface area contributed by atoms with Crippen LogP contribution in [0.4, 0.5) is 0 Å². The van der Waals surface area contributed by atoms with Crippen molar-refractivity contribution in [3.05, 3.63) is 36.0 Å². The third-order valence-electron chi connectivity index (χ3n) is 12.8. The van der Waals surface area contributed by atoms with Crippen molar-refractivity contribution in [2.75, 3.05) is 27.9 Å². The minimum atomic E-state index is -2.51. The maximum atomic E-state index is 14.3. The Morgan fingerprint density at radius 3 is 2.23 bits per heavy atom. The number of amides is 1. The van der Waals surface area contributed by atoms with Gasteiger partial charge in [-0.3, -0.25) is 14.4 Å². The zero-order chi connectivity index (χ0) is 42.2. The second-order valence-electron chi connectivity index (χ2n) is 17.3. The number of aliphatic hydroxyl groups excluding tert-OH is 2. The predicted octanol–water partition coefficient (Wildman–Crippen LogP) is 4.64. The van der Waals surface area contributed by atoms with E-state index >= 15 is 0 Å². The van der Waals surface area contributed by atoms with E-state index < -0.39 is 77.9 Å². The molecule has 2 saturated heterocycles. The Kier molecular flexibility index (Phi) is 17.2. The second-order valence-corrected chi connectivity index (χ2v) is 17.3.